The third kappa shape index (κ3) is 2.88. The summed E-state index contributed by atoms with van der Waals surface area (Å²) in [5.41, 5.74) is -1.73. The van der Waals surface area contributed by atoms with Crippen LogP contribution in [0.3, 0.4) is 0 Å². The van der Waals surface area contributed by atoms with Gasteiger partial charge < -0.3 is 10.1 Å². The number of rotatable bonds is 4. The van der Waals surface area contributed by atoms with Gasteiger partial charge in [0.25, 0.3) is 0 Å². The van der Waals surface area contributed by atoms with E-state index in [0.717, 1.165) is 6.42 Å². The zero-order valence-corrected chi connectivity index (χ0v) is 9.86. The van der Waals surface area contributed by atoms with Crippen LogP contribution in [0.5, 0.6) is 0 Å². The zero-order chi connectivity index (χ0) is 12.2. The van der Waals surface area contributed by atoms with E-state index in [1.165, 1.54) is 7.11 Å². The quantitative estimate of drug-likeness (QED) is 0.814. The molecule has 1 saturated carbocycles. The molecule has 0 aromatic rings. The molecule has 0 amide bonds. The Hall–Kier alpha value is -0.290. The highest BCUT2D eigenvalue weighted by molar-refractivity contribution is 4.99. The summed E-state index contributed by atoms with van der Waals surface area (Å²) in [4.78, 5) is 0. The van der Waals surface area contributed by atoms with Crippen molar-refractivity contribution in [3.8, 4) is 0 Å². The second-order valence-electron chi connectivity index (χ2n) is 4.46. The summed E-state index contributed by atoms with van der Waals surface area (Å²) in [6.07, 6.45) is -2.28. The van der Waals surface area contributed by atoms with E-state index in [9.17, 15) is 13.2 Å². The molecule has 1 rings (SSSR count). The van der Waals surface area contributed by atoms with Crippen molar-refractivity contribution in [1.82, 2.24) is 5.32 Å². The minimum Gasteiger partial charge on any atom is -0.381 e. The van der Waals surface area contributed by atoms with Gasteiger partial charge in [-0.15, -0.1) is 0 Å². The maximum absolute atomic E-state index is 13.1. The Morgan fingerprint density at radius 2 is 2.12 bits per heavy atom. The van der Waals surface area contributed by atoms with Crippen molar-refractivity contribution in [2.24, 2.45) is 0 Å². The molecule has 96 valence electrons. The van der Waals surface area contributed by atoms with Gasteiger partial charge in [0.1, 0.15) is 5.54 Å². The van der Waals surface area contributed by atoms with Crippen LogP contribution in [-0.2, 0) is 4.74 Å². The Balaban J connectivity index is 2.77. The lowest BCUT2D eigenvalue weighted by atomic mass is 9.79. The standard InChI is InChI=1S/C11H20F3NO/c1-3-7-15-10(11(12,13)14)6-4-5-9(8-10)16-2/h9,15H,3-8H2,1-2H3. The largest absolute Gasteiger partial charge is 0.406 e. The number of nitrogens with one attached hydrogen (secondary N) is 1. The Kier molecular flexibility index (Phi) is 4.62. The maximum atomic E-state index is 13.1. The molecule has 0 heterocycles. The number of hydrogen-bond donors (Lipinski definition) is 1. The molecule has 0 radical (unpaired) electrons. The van der Waals surface area contributed by atoms with E-state index in [-0.39, 0.29) is 18.9 Å². The molecular formula is C11H20F3NO. The molecule has 0 aliphatic heterocycles. The lowest BCUT2D eigenvalue weighted by molar-refractivity contribution is -0.214. The SMILES string of the molecule is CCCNC1(C(F)(F)F)CCCC(OC)C1. The van der Waals surface area contributed by atoms with E-state index >= 15 is 0 Å². The van der Waals surface area contributed by atoms with Crippen LogP contribution in [0.25, 0.3) is 0 Å². The molecule has 2 nitrogen and oxygen atoms in total. The van der Waals surface area contributed by atoms with Gasteiger partial charge in [-0.3, -0.25) is 0 Å². The van der Waals surface area contributed by atoms with Gasteiger partial charge in [-0.2, -0.15) is 13.2 Å². The molecule has 16 heavy (non-hydrogen) atoms. The van der Waals surface area contributed by atoms with Gasteiger partial charge in [-0.25, -0.2) is 0 Å². The van der Waals surface area contributed by atoms with Crippen molar-refractivity contribution in [2.45, 2.75) is 56.8 Å². The summed E-state index contributed by atoms with van der Waals surface area (Å²) in [6, 6.07) is 0. The predicted molar refractivity (Wildman–Crippen MR) is 56.3 cm³/mol. The predicted octanol–water partition coefficient (Wildman–Crippen LogP) is 2.88. The lowest BCUT2D eigenvalue weighted by Gasteiger charge is -2.42. The second-order valence-corrected chi connectivity index (χ2v) is 4.46. The molecule has 0 spiro atoms. The molecule has 1 fully saturated rings. The minimum absolute atomic E-state index is 0.0347. The van der Waals surface area contributed by atoms with E-state index in [1.807, 2.05) is 6.92 Å². The molecule has 1 aliphatic rings. The highest BCUT2D eigenvalue weighted by atomic mass is 19.4. The molecule has 0 aromatic carbocycles. The topological polar surface area (TPSA) is 21.3 Å². The lowest BCUT2D eigenvalue weighted by Crippen LogP contribution is -2.60. The van der Waals surface area contributed by atoms with Gasteiger partial charge in [-0.05, 0) is 32.2 Å². The fraction of sp³-hybridized carbons (Fsp3) is 1.00. The number of halogens is 3. The third-order valence-corrected chi connectivity index (χ3v) is 3.30. The first-order valence-corrected chi connectivity index (χ1v) is 5.80. The van der Waals surface area contributed by atoms with Crippen molar-refractivity contribution >= 4 is 0 Å². The van der Waals surface area contributed by atoms with Crippen LogP contribution in [0, 0.1) is 0 Å². The molecule has 0 bridgehead atoms. The number of ether oxygens (including phenoxy) is 1. The Morgan fingerprint density at radius 1 is 1.44 bits per heavy atom. The molecule has 2 unspecified atom stereocenters. The van der Waals surface area contributed by atoms with Gasteiger partial charge in [-0.1, -0.05) is 6.92 Å². The minimum atomic E-state index is -4.20. The molecule has 0 aromatic heterocycles. The summed E-state index contributed by atoms with van der Waals surface area (Å²) in [6.45, 7) is 2.27. The average Bonchev–Trinajstić information content (AvgIpc) is 2.25. The van der Waals surface area contributed by atoms with Gasteiger partial charge in [0, 0.05) is 13.5 Å². The van der Waals surface area contributed by atoms with E-state index in [1.54, 1.807) is 0 Å². The second kappa shape index (κ2) is 5.36. The van der Waals surface area contributed by atoms with Crippen molar-refractivity contribution in [3.05, 3.63) is 0 Å². The fourth-order valence-electron chi connectivity index (χ4n) is 2.31. The fourth-order valence-corrected chi connectivity index (χ4v) is 2.31. The Morgan fingerprint density at radius 3 is 2.62 bits per heavy atom. The highest BCUT2D eigenvalue weighted by Crippen LogP contribution is 2.42. The number of hydrogen-bond acceptors (Lipinski definition) is 2. The summed E-state index contributed by atoms with van der Waals surface area (Å²) >= 11 is 0. The maximum Gasteiger partial charge on any atom is 0.406 e. The summed E-state index contributed by atoms with van der Waals surface area (Å²) in [5, 5.41) is 2.68. The average molecular weight is 239 g/mol. The van der Waals surface area contributed by atoms with Crippen LogP contribution in [-0.4, -0.2) is 31.5 Å². The summed E-state index contributed by atoms with van der Waals surface area (Å²) in [5.74, 6) is 0. The number of alkyl halides is 3. The van der Waals surface area contributed by atoms with Crippen molar-refractivity contribution in [1.29, 1.82) is 0 Å². The third-order valence-electron chi connectivity index (χ3n) is 3.30. The first-order chi connectivity index (χ1) is 7.45. The monoisotopic (exact) mass is 239 g/mol. The molecular weight excluding hydrogens is 219 g/mol. The van der Waals surface area contributed by atoms with Crippen LogP contribution in [0.15, 0.2) is 0 Å². The smallest absolute Gasteiger partial charge is 0.381 e. The van der Waals surface area contributed by atoms with Crippen molar-refractivity contribution in [3.63, 3.8) is 0 Å². The molecule has 2 atom stereocenters. The van der Waals surface area contributed by atoms with Crippen LogP contribution < -0.4 is 5.32 Å². The van der Waals surface area contributed by atoms with Gasteiger partial charge in [0.2, 0.25) is 0 Å². The first-order valence-electron chi connectivity index (χ1n) is 5.80. The molecule has 0 saturated heterocycles. The molecule has 1 aliphatic carbocycles. The van der Waals surface area contributed by atoms with E-state index in [4.69, 9.17) is 4.74 Å². The van der Waals surface area contributed by atoms with Crippen LogP contribution in [0.4, 0.5) is 13.2 Å². The molecule has 5 heteroatoms. The normalized spacial score (nSPS) is 31.7. The summed E-state index contributed by atoms with van der Waals surface area (Å²) < 4.78 is 44.4. The van der Waals surface area contributed by atoms with Crippen molar-refractivity contribution in [2.75, 3.05) is 13.7 Å². The Labute approximate surface area is 94.5 Å². The van der Waals surface area contributed by atoms with Gasteiger partial charge >= 0.3 is 6.18 Å². The molecule has 1 N–H and O–H groups in total. The zero-order valence-electron chi connectivity index (χ0n) is 9.86. The van der Waals surface area contributed by atoms with Crippen LogP contribution in [0.2, 0.25) is 0 Å². The van der Waals surface area contributed by atoms with Crippen molar-refractivity contribution < 1.29 is 17.9 Å². The Bertz CT molecular complexity index is 220. The van der Waals surface area contributed by atoms with Gasteiger partial charge in [0.05, 0.1) is 6.10 Å². The van der Waals surface area contributed by atoms with Crippen LogP contribution in [0.1, 0.15) is 39.0 Å². The summed E-state index contributed by atoms with van der Waals surface area (Å²) in [7, 11) is 1.48. The number of methoxy groups -OCH3 is 1. The highest BCUT2D eigenvalue weighted by Gasteiger charge is 2.56. The van der Waals surface area contributed by atoms with Gasteiger partial charge in [0.15, 0.2) is 0 Å². The van der Waals surface area contributed by atoms with E-state index < -0.39 is 11.7 Å². The van der Waals surface area contributed by atoms with Crippen LogP contribution >= 0.6 is 0 Å². The van der Waals surface area contributed by atoms with E-state index in [2.05, 4.69) is 5.32 Å². The first kappa shape index (κ1) is 13.8. The van der Waals surface area contributed by atoms with E-state index in [0.29, 0.717) is 19.4 Å².